The van der Waals surface area contributed by atoms with Crippen molar-refractivity contribution in [3.8, 4) is 0 Å². The first-order chi connectivity index (χ1) is 11.5. The molecule has 1 aromatic carbocycles. The van der Waals surface area contributed by atoms with E-state index in [1.807, 2.05) is 12.1 Å². The maximum atomic E-state index is 11.4. The highest BCUT2D eigenvalue weighted by atomic mass is 16.5. The van der Waals surface area contributed by atoms with Gasteiger partial charge < -0.3 is 14.4 Å². The molecule has 0 saturated carbocycles. The minimum atomic E-state index is -1.000. The molecule has 0 radical (unpaired) electrons. The van der Waals surface area contributed by atoms with E-state index in [-0.39, 0.29) is 17.7 Å². The van der Waals surface area contributed by atoms with Gasteiger partial charge in [-0.05, 0) is 31.9 Å². The summed E-state index contributed by atoms with van der Waals surface area (Å²) in [7, 11) is 0. The Labute approximate surface area is 141 Å². The van der Waals surface area contributed by atoms with Crippen LogP contribution in [0.3, 0.4) is 0 Å². The van der Waals surface area contributed by atoms with Crippen molar-refractivity contribution in [1.82, 2.24) is 10.1 Å². The van der Waals surface area contributed by atoms with Gasteiger partial charge in [-0.15, -0.1) is 0 Å². The van der Waals surface area contributed by atoms with Gasteiger partial charge >= 0.3 is 5.97 Å². The van der Waals surface area contributed by atoms with Crippen molar-refractivity contribution in [2.24, 2.45) is 0 Å². The zero-order valence-electron chi connectivity index (χ0n) is 14.2. The van der Waals surface area contributed by atoms with Crippen molar-refractivity contribution < 1.29 is 19.2 Å². The zero-order chi connectivity index (χ0) is 17.3. The van der Waals surface area contributed by atoms with Crippen molar-refractivity contribution >= 4 is 5.97 Å². The second-order valence-corrected chi connectivity index (χ2v) is 6.32. The molecule has 1 N–H and O–H groups in total. The summed E-state index contributed by atoms with van der Waals surface area (Å²) < 4.78 is 11.1. The van der Waals surface area contributed by atoms with E-state index in [2.05, 4.69) is 36.0 Å². The predicted molar refractivity (Wildman–Crippen MR) is 87.9 cm³/mol. The number of nitrogens with zero attached hydrogens (tertiary/aromatic N) is 2. The van der Waals surface area contributed by atoms with Crippen LogP contribution < -0.4 is 0 Å². The van der Waals surface area contributed by atoms with Crippen molar-refractivity contribution in [3.63, 3.8) is 0 Å². The van der Waals surface area contributed by atoms with E-state index < -0.39 is 5.97 Å². The maximum Gasteiger partial charge on any atom is 0.341 e. The van der Waals surface area contributed by atoms with Crippen molar-refractivity contribution in [3.05, 3.63) is 52.4 Å². The first kappa shape index (κ1) is 16.7. The molecular weight excluding hydrogens is 308 g/mol. The molecule has 2 heterocycles. The third-order valence-corrected chi connectivity index (χ3v) is 4.60. The van der Waals surface area contributed by atoms with Gasteiger partial charge in [-0.2, -0.15) is 0 Å². The van der Waals surface area contributed by atoms with Crippen LogP contribution in [0.5, 0.6) is 0 Å². The second kappa shape index (κ2) is 6.75. The molecule has 3 rings (SSSR count). The fraction of sp³-hybridized carbons (Fsp3) is 0.444. The molecule has 6 heteroatoms. The molecule has 24 heavy (non-hydrogen) atoms. The predicted octanol–water partition coefficient (Wildman–Crippen LogP) is 2.95. The minimum absolute atomic E-state index is 0.0244. The summed E-state index contributed by atoms with van der Waals surface area (Å²) in [6.45, 7) is 7.49. The van der Waals surface area contributed by atoms with Gasteiger partial charge in [-0.1, -0.05) is 29.4 Å². The fourth-order valence-corrected chi connectivity index (χ4v) is 3.16. The molecular formula is C18H22N2O4. The highest BCUT2D eigenvalue weighted by Gasteiger charge is 2.30. The first-order valence-electron chi connectivity index (χ1n) is 8.07. The lowest BCUT2D eigenvalue weighted by molar-refractivity contribution is -0.0641. The monoisotopic (exact) mass is 330 g/mol. The number of ether oxygens (including phenoxy) is 1. The van der Waals surface area contributed by atoms with Crippen LogP contribution in [0, 0.1) is 13.8 Å². The maximum absolute atomic E-state index is 11.4. The third-order valence-electron chi connectivity index (χ3n) is 4.60. The van der Waals surface area contributed by atoms with E-state index >= 15 is 0 Å². The Morgan fingerprint density at radius 2 is 2.12 bits per heavy atom. The molecule has 2 unspecified atom stereocenters. The van der Waals surface area contributed by atoms with Gasteiger partial charge in [0, 0.05) is 19.1 Å². The summed E-state index contributed by atoms with van der Waals surface area (Å²) in [5.74, 6) is -0.658. The van der Waals surface area contributed by atoms with Gasteiger partial charge in [0.15, 0.2) is 0 Å². The summed E-state index contributed by atoms with van der Waals surface area (Å²) >= 11 is 0. The van der Waals surface area contributed by atoms with Gasteiger partial charge in [-0.25, -0.2) is 4.79 Å². The molecule has 2 atom stereocenters. The number of aromatic carboxylic acids is 1. The van der Waals surface area contributed by atoms with Gasteiger partial charge in [-0.3, -0.25) is 4.90 Å². The highest BCUT2D eigenvalue weighted by molar-refractivity contribution is 5.89. The normalized spacial score (nSPS) is 21.8. The smallest absolute Gasteiger partial charge is 0.341 e. The van der Waals surface area contributed by atoms with Crippen LogP contribution in [0.4, 0.5) is 0 Å². The van der Waals surface area contributed by atoms with Crippen molar-refractivity contribution in [2.75, 3.05) is 13.2 Å². The average Bonchev–Trinajstić information content (AvgIpc) is 2.91. The van der Waals surface area contributed by atoms with E-state index in [1.165, 1.54) is 11.1 Å². The van der Waals surface area contributed by atoms with Crippen LogP contribution in [0.2, 0.25) is 0 Å². The van der Waals surface area contributed by atoms with Gasteiger partial charge in [0.1, 0.15) is 17.0 Å². The Balaban J connectivity index is 1.80. The second-order valence-electron chi connectivity index (χ2n) is 6.32. The van der Waals surface area contributed by atoms with Gasteiger partial charge in [0.05, 0.1) is 12.7 Å². The summed E-state index contributed by atoms with van der Waals surface area (Å²) in [5, 5.41) is 13.3. The molecule has 128 valence electrons. The number of carboxylic acids is 1. The number of aryl methyl sites for hydroxylation is 2. The topological polar surface area (TPSA) is 75.8 Å². The zero-order valence-corrected chi connectivity index (χ0v) is 14.2. The average molecular weight is 330 g/mol. The number of aromatic nitrogens is 1. The fourth-order valence-electron chi connectivity index (χ4n) is 3.16. The Bertz CT molecular complexity index is 740. The molecule has 2 aromatic rings. The van der Waals surface area contributed by atoms with E-state index in [0.29, 0.717) is 31.2 Å². The van der Waals surface area contributed by atoms with Crippen molar-refractivity contribution in [1.29, 1.82) is 0 Å². The van der Waals surface area contributed by atoms with E-state index in [1.54, 1.807) is 6.92 Å². The van der Waals surface area contributed by atoms with Gasteiger partial charge in [0.2, 0.25) is 0 Å². The third kappa shape index (κ3) is 3.20. The molecule has 0 bridgehead atoms. The van der Waals surface area contributed by atoms with Crippen LogP contribution in [0.1, 0.15) is 46.0 Å². The largest absolute Gasteiger partial charge is 0.477 e. The minimum Gasteiger partial charge on any atom is -0.477 e. The van der Waals surface area contributed by atoms with Crippen LogP contribution in [-0.4, -0.2) is 40.3 Å². The number of rotatable bonds is 4. The first-order valence-corrected chi connectivity index (χ1v) is 8.07. The van der Waals surface area contributed by atoms with Crippen LogP contribution in [0.25, 0.3) is 0 Å². The Morgan fingerprint density at radius 1 is 1.38 bits per heavy atom. The molecule has 0 spiro atoms. The van der Waals surface area contributed by atoms with E-state index in [9.17, 15) is 9.90 Å². The quantitative estimate of drug-likeness (QED) is 0.929. The number of hydrogen-bond donors (Lipinski definition) is 1. The molecule has 1 saturated heterocycles. The molecule has 1 aromatic heterocycles. The molecule has 1 aliphatic rings. The summed E-state index contributed by atoms with van der Waals surface area (Å²) in [4.78, 5) is 13.6. The Hall–Kier alpha value is -2.18. The van der Waals surface area contributed by atoms with E-state index in [4.69, 9.17) is 9.26 Å². The number of carboxylic acid groups (broad SMARTS) is 1. The number of morpholine rings is 1. The highest BCUT2D eigenvalue weighted by Crippen LogP contribution is 2.28. The SMILES string of the molecule is Cc1ccccc1C1CN(Cc2noc(C)c2C(=O)O)C(C)CO1. The number of benzene rings is 1. The molecule has 6 nitrogen and oxygen atoms in total. The number of carbonyl (C=O) groups is 1. The Kier molecular flexibility index (Phi) is 4.69. The van der Waals surface area contributed by atoms with E-state index in [0.717, 1.165) is 0 Å². The van der Waals surface area contributed by atoms with Crippen LogP contribution >= 0.6 is 0 Å². The van der Waals surface area contributed by atoms with Crippen LogP contribution in [-0.2, 0) is 11.3 Å². The van der Waals surface area contributed by atoms with Gasteiger partial charge in [0.25, 0.3) is 0 Å². The summed E-state index contributed by atoms with van der Waals surface area (Å²) in [6, 6.07) is 8.36. The summed E-state index contributed by atoms with van der Waals surface area (Å²) in [6.07, 6.45) is -0.0244. The lowest BCUT2D eigenvalue weighted by Crippen LogP contribution is -2.44. The molecule has 0 aliphatic carbocycles. The molecule has 1 fully saturated rings. The lowest BCUT2D eigenvalue weighted by Gasteiger charge is -2.38. The van der Waals surface area contributed by atoms with Crippen LogP contribution in [0.15, 0.2) is 28.8 Å². The molecule has 1 aliphatic heterocycles. The lowest BCUT2D eigenvalue weighted by atomic mass is 10.0. The summed E-state index contributed by atoms with van der Waals surface area (Å²) in [5.41, 5.74) is 3.00. The standard InChI is InChI=1S/C18H22N2O4/c1-11-6-4-5-7-14(11)16-9-20(12(2)10-23-16)8-15-17(18(21)22)13(3)24-19-15/h4-7,12,16H,8-10H2,1-3H3,(H,21,22). The number of hydrogen-bond acceptors (Lipinski definition) is 5. The Morgan fingerprint density at radius 3 is 2.83 bits per heavy atom. The molecule has 0 amide bonds. The van der Waals surface area contributed by atoms with Crippen molar-refractivity contribution in [2.45, 2.75) is 39.5 Å².